The van der Waals surface area contributed by atoms with Crippen LogP contribution in [0.4, 0.5) is 0 Å². The second kappa shape index (κ2) is 4.66. The Balaban J connectivity index is 2.42. The normalized spacial score (nSPS) is 11.3. The van der Waals surface area contributed by atoms with Crippen molar-refractivity contribution in [2.24, 2.45) is 0 Å². The maximum absolute atomic E-state index is 12.3. The first-order valence-electron chi connectivity index (χ1n) is 6.49. The fourth-order valence-electron chi connectivity index (χ4n) is 2.37. The highest BCUT2D eigenvalue weighted by Gasteiger charge is 2.17. The van der Waals surface area contributed by atoms with Gasteiger partial charge in [0.1, 0.15) is 10.7 Å². The molecule has 0 saturated heterocycles. The molecule has 0 aliphatic carbocycles. The van der Waals surface area contributed by atoms with Crippen LogP contribution in [0.3, 0.4) is 0 Å². The van der Waals surface area contributed by atoms with Crippen molar-refractivity contribution in [2.45, 2.75) is 27.7 Å². The molecule has 1 N–H and O–H groups in total. The quantitative estimate of drug-likeness (QED) is 0.749. The fraction of sp³-hybridized carbons (Fsp3) is 0.286. The van der Waals surface area contributed by atoms with Crippen molar-refractivity contribution in [1.82, 2.24) is 24.7 Å². The average Bonchev–Trinajstić information content (AvgIpc) is 2.72. The number of rotatable bonds is 1. The maximum atomic E-state index is 12.3. The molecule has 0 amide bonds. The third-order valence-electron chi connectivity index (χ3n) is 3.28. The highest BCUT2D eigenvalue weighted by Crippen LogP contribution is 2.19. The van der Waals surface area contributed by atoms with E-state index in [-0.39, 0.29) is 10.5 Å². The number of H-pyrrole nitrogens is 1. The lowest BCUT2D eigenvalue weighted by molar-refractivity contribution is 0.796. The first kappa shape index (κ1) is 13.8. The summed E-state index contributed by atoms with van der Waals surface area (Å²) in [6, 6.07) is 1.88. The molecule has 0 spiro atoms. The first-order chi connectivity index (χ1) is 9.88. The molecule has 21 heavy (non-hydrogen) atoms. The van der Waals surface area contributed by atoms with Crippen LogP contribution in [-0.2, 0) is 0 Å². The van der Waals surface area contributed by atoms with Gasteiger partial charge in [0.2, 0.25) is 5.43 Å². The van der Waals surface area contributed by atoms with Gasteiger partial charge >= 0.3 is 0 Å². The second-order valence-corrected chi connectivity index (χ2v) is 5.44. The number of nitrogens with one attached hydrogen (secondary N) is 1. The summed E-state index contributed by atoms with van der Waals surface area (Å²) in [6.45, 7) is 7.30. The lowest BCUT2D eigenvalue weighted by Crippen LogP contribution is -2.09. The average molecular weight is 304 g/mol. The lowest BCUT2D eigenvalue weighted by atomic mass is 10.2. The molecule has 0 radical (unpaired) electrons. The Hall–Kier alpha value is -2.21. The molecule has 0 saturated carbocycles. The Morgan fingerprint density at radius 3 is 2.38 bits per heavy atom. The van der Waals surface area contributed by atoms with Crippen molar-refractivity contribution in [1.29, 1.82) is 0 Å². The zero-order chi connectivity index (χ0) is 15.3. The van der Waals surface area contributed by atoms with Gasteiger partial charge in [0.05, 0.1) is 11.1 Å². The van der Waals surface area contributed by atoms with E-state index < -0.39 is 0 Å². The summed E-state index contributed by atoms with van der Waals surface area (Å²) in [6.07, 6.45) is 0. The second-order valence-electron chi connectivity index (χ2n) is 5.06. The van der Waals surface area contributed by atoms with Gasteiger partial charge in [-0.25, -0.2) is 9.97 Å². The first-order valence-corrected chi connectivity index (χ1v) is 6.86. The Kier molecular flexibility index (Phi) is 3.06. The molecule has 3 heterocycles. The van der Waals surface area contributed by atoms with E-state index in [2.05, 4.69) is 20.1 Å². The molecule has 0 atom stereocenters. The molecule has 0 unspecified atom stereocenters. The van der Waals surface area contributed by atoms with Crippen molar-refractivity contribution in [3.8, 4) is 5.95 Å². The van der Waals surface area contributed by atoms with Crippen LogP contribution in [-0.4, -0.2) is 24.7 Å². The number of pyridine rings is 1. The number of fused-ring (bicyclic) bond motifs is 1. The highest BCUT2D eigenvalue weighted by molar-refractivity contribution is 6.31. The van der Waals surface area contributed by atoms with Crippen molar-refractivity contribution in [3.05, 3.63) is 44.1 Å². The number of nitrogens with zero attached hydrogens (tertiary/aromatic N) is 4. The summed E-state index contributed by atoms with van der Waals surface area (Å²) in [5, 5.41) is 5.04. The lowest BCUT2D eigenvalue weighted by Gasteiger charge is -2.05. The van der Waals surface area contributed by atoms with Gasteiger partial charge in [0, 0.05) is 17.1 Å². The molecule has 7 heteroatoms. The van der Waals surface area contributed by atoms with Crippen LogP contribution >= 0.6 is 11.6 Å². The van der Waals surface area contributed by atoms with Crippen LogP contribution in [0.15, 0.2) is 10.9 Å². The zero-order valence-electron chi connectivity index (χ0n) is 12.2. The molecular weight excluding hydrogens is 290 g/mol. The summed E-state index contributed by atoms with van der Waals surface area (Å²) < 4.78 is 1.55. The molecule has 3 aromatic heterocycles. The molecular formula is C14H14ClN5O. The largest absolute Gasteiger partial charge is 0.342 e. The van der Waals surface area contributed by atoms with Gasteiger partial charge in [-0.15, -0.1) is 0 Å². The van der Waals surface area contributed by atoms with Crippen LogP contribution < -0.4 is 5.43 Å². The van der Waals surface area contributed by atoms with E-state index in [1.807, 2.05) is 19.9 Å². The molecule has 0 fully saturated rings. The van der Waals surface area contributed by atoms with Gasteiger partial charge in [-0.3, -0.25) is 4.79 Å². The molecule has 108 valence electrons. The predicted octanol–water partition coefficient (Wildman–Crippen LogP) is 2.39. The maximum Gasteiger partial charge on any atom is 0.252 e. The molecule has 0 aliphatic heterocycles. The van der Waals surface area contributed by atoms with E-state index >= 15 is 0 Å². The molecule has 6 nitrogen and oxygen atoms in total. The van der Waals surface area contributed by atoms with Gasteiger partial charge in [0.25, 0.3) is 5.95 Å². The minimum atomic E-state index is -0.226. The SMILES string of the molecule is Cc1cc(C)nc(-n2nc(C)c3c(=O)c(Cl)c(C)[nH]c32)n1. The summed E-state index contributed by atoms with van der Waals surface area (Å²) >= 11 is 6.02. The third kappa shape index (κ3) is 2.12. The molecule has 3 rings (SSSR count). The Labute approximate surface area is 125 Å². The van der Waals surface area contributed by atoms with Gasteiger partial charge in [0.15, 0.2) is 0 Å². The van der Waals surface area contributed by atoms with E-state index in [9.17, 15) is 4.79 Å². The molecule has 3 aromatic rings. The number of halogens is 1. The molecule has 0 bridgehead atoms. The molecule has 0 aliphatic rings. The third-order valence-corrected chi connectivity index (χ3v) is 3.74. The van der Waals surface area contributed by atoms with Crippen LogP contribution in [0.25, 0.3) is 17.0 Å². The van der Waals surface area contributed by atoms with Crippen LogP contribution in [0.2, 0.25) is 5.02 Å². The zero-order valence-corrected chi connectivity index (χ0v) is 12.9. The summed E-state index contributed by atoms with van der Waals surface area (Å²) in [5.74, 6) is 0.433. The van der Waals surface area contributed by atoms with Crippen molar-refractivity contribution < 1.29 is 0 Å². The van der Waals surface area contributed by atoms with E-state index in [0.29, 0.717) is 28.4 Å². The Bertz CT molecular complexity index is 905. The Morgan fingerprint density at radius 1 is 1.14 bits per heavy atom. The summed E-state index contributed by atoms with van der Waals surface area (Å²) in [4.78, 5) is 24.2. The van der Waals surface area contributed by atoms with Gasteiger partial charge in [-0.1, -0.05) is 11.6 Å². The van der Waals surface area contributed by atoms with Crippen molar-refractivity contribution >= 4 is 22.6 Å². The van der Waals surface area contributed by atoms with Crippen LogP contribution in [0.1, 0.15) is 22.8 Å². The highest BCUT2D eigenvalue weighted by atomic mass is 35.5. The van der Waals surface area contributed by atoms with Gasteiger partial charge in [-0.05, 0) is 33.8 Å². The number of hydrogen-bond donors (Lipinski definition) is 1. The minimum Gasteiger partial charge on any atom is -0.342 e. The molecule has 0 aromatic carbocycles. The number of hydrogen-bond acceptors (Lipinski definition) is 4. The van der Waals surface area contributed by atoms with Gasteiger partial charge in [-0.2, -0.15) is 9.78 Å². The van der Waals surface area contributed by atoms with E-state index in [0.717, 1.165) is 11.4 Å². The van der Waals surface area contributed by atoms with Crippen LogP contribution in [0.5, 0.6) is 0 Å². The van der Waals surface area contributed by atoms with Crippen molar-refractivity contribution in [3.63, 3.8) is 0 Å². The monoisotopic (exact) mass is 303 g/mol. The topological polar surface area (TPSA) is 76.5 Å². The number of aromatic amines is 1. The standard InChI is InChI=1S/C14H14ClN5O/c1-6-5-7(2)17-14(16-6)20-13-10(8(3)19-20)12(21)11(15)9(4)18-13/h5H,1-4H3,(H,18,21). The van der Waals surface area contributed by atoms with E-state index in [1.54, 1.807) is 18.5 Å². The van der Waals surface area contributed by atoms with E-state index in [4.69, 9.17) is 11.6 Å². The van der Waals surface area contributed by atoms with Crippen LogP contribution in [0, 0.1) is 27.7 Å². The number of aromatic nitrogens is 5. The Morgan fingerprint density at radius 2 is 1.76 bits per heavy atom. The summed E-state index contributed by atoms with van der Waals surface area (Å²) in [7, 11) is 0. The summed E-state index contributed by atoms with van der Waals surface area (Å²) in [5.41, 5.74) is 3.20. The number of aryl methyl sites for hydroxylation is 4. The fourth-order valence-corrected chi connectivity index (χ4v) is 2.52. The smallest absolute Gasteiger partial charge is 0.252 e. The van der Waals surface area contributed by atoms with E-state index in [1.165, 1.54) is 0 Å². The minimum absolute atomic E-state index is 0.187. The predicted molar refractivity (Wildman–Crippen MR) is 81.2 cm³/mol. The van der Waals surface area contributed by atoms with Gasteiger partial charge < -0.3 is 4.98 Å². The van der Waals surface area contributed by atoms with Crippen molar-refractivity contribution in [2.75, 3.05) is 0 Å².